The van der Waals surface area contributed by atoms with E-state index in [0.29, 0.717) is 5.92 Å². The first kappa shape index (κ1) is 15.6. The molecular formula is C15H27NOS. The topological polar surface area (TPSA) is 29.1 Å². The third kappa shape index (κ3) is 7.80. The molecule has 2 nitrogen and oxygen atoms in total. The van der Waals surface area contributed by atoms with Crippen molar-refractivity contribution in [2.24, 2.45) is 5.92 Å². The van der Waals surface area contributed by atoms with Crippen LogP contribution in [0.15, 0.2) is 12.2 Å². The molecule has 0 aromatic rings. The van der Waals surface area contributed by atoms with Crippen LogP contribution in [0.4, 0.5) is 0 Å². The van der Waals surface area contributed by atoms with Crippen LogP contribution in [-0.2, 0) is 4.79 Å². The zero-order valence-electron chi connectivity index (χ0n) is 11.6. The minimum absolute atomic E-state index is 0.0868. The van der Waals surface area contributed by atoms with Crippen LogP contribution < -0.4 is 5.32 Å². The van der Waals surface area contributed by atoms with Crippen LogP contribution in [0.3, 0.4) is 0 Å². The lowest BCUT2D eigenvalue weighted by Crippen LogP contribution is -2.29. The molecule has 18 heavy (non-hydrogen) atoms. The standard InChI is InChI=1S/C15H27NOS/c1-2-3-4-5-6-7-8-15(17)16-13-14-9-11-18-12-10-14/h7-8,14H,2-6,9-13H2,1H3,(H,16,17)/b8-7+. The van der Waals surface area contributed by atoms with Crippen LogP contribution >= 0.6 is 11.8 Å². The first-order chi connectivity index (χ1) is 8.83. The fourth-order valence-electron chi connectivity index (χ4n) is 2.13. The molecule has 0 radical (unpaired) electrons. The summed E-state index contributed by atoms with van der Waals surface area (Å²) in [7, 11) is 0. The number of unbranched alkanes of at least 4 members (excludes halogenated alkanes) is 4. The lowest BCUT2D eigenvalue weighted by atomic mass is 10.0. The molecule has 0 unspecified atom stereocenters. The Morgan fingerprint density at radius 1 is 1.28 bits per heavy atom. The highest BCUT2D eigenvalue weighted by molar-refractivity contribution is 7.99. The minimum Gasteiger partial charge on any atom is -0.352 e. The summed E-state index contributed by atoms with van der Waals surface area (Å²) in [6, 6.07) is 0. The molecule has 0 saturated carbocycles. The van der Waals surface area contributed by atoms with Gasteiger partial charge in [-0.1, -0.05) is 32.3 Å². The Balaban J connectivity index is 2.00. The second-order valence-corrected chi connectivity index (χ2v) is 6.28. The molecule has 1 rings (SSSR count). The van der Waals surface area contributed by atoms with Gasteiger partial charge >= 0.3 is 0 Å². The summed E-state index contributed by atoms with van der Waals surface area (Å²) >= 11 is 2.03. The Kier molecular flexibility index (Phi) is 9.09. The molecular weight excluding hydrogens is 242 g/mol. The van der Waals surface area contributed by atoms with Crippen molar-refractivity contribution < 1.29 is 4.79 Å². The number of rotatable bonds is 8. The molecule has 1 fully saturated rings. The van der Waals surface area contributed by atoms with Gasteiger partial charge in [-0.25, -0.2) is 0 Å². The van der Waals surface area contributed by atoms with Gasteiger partial charge in [-0.3, -0.25) is 4.79 Å². The third-order valence-electron chi connectivity index (χ3n) is 3.40. The van der Waals surface area contributed by atoms with Crippen LogP contribution in [0.2, 0.25) is 0 Å². The molecule has 0 spiro atoms. The number of amides is 1. The van der Waals surface area contributed by atoms with Crippen molar-refractivity contribution in [1.29, 1.82) is 0 Å². The fraction of sp³-hybridized carbons (Fsp3) is 0.800. The van der Waals surface area contributed by atoms with Crippen LogP contribution in [-0.4, -0.2) is 24.0 Å². The zero-order chi connectivity index (χ0) is 13.1. The van der Waals surface area contributed by atoms with E-state index < -0.39 is 0 Å². The monoisotopic (exact) mass is 269 g/mol. The van der Waals surface area contributed by atoms with E-state index in [-0.39, 0.29) is 5.91 Å². The van der Waals surface area contributed by atoms with Gasteiger partial charge in [-0.05, 0) is 49.2 Å². The van der Waals surface area contributed by atoms with Gasteiger partial charge in [0.05, 0.1) is 0 Å². The van der Waals surface area contributed by atoms with E-state index in [4.69, 9.17) is 0 Å². The van der Waals surface area contributed by atoms with E-state index >= 15 is 0 Å². The van der Waals surface area contributed by atoms with Gasteiger partial charge in [0.1, 0.15) is 0 Å². The lowest BCUT2D eigenvalue weighted by molar-refractivity contribution is -0.116. The van der Waals surface area contributed by atoms with Gasteiger partial charge in [-0.2, -0.15) is 11.8 Å². The van der Waals surface area contributed by atoms with Crippen molar-refractivity contribution in [2.45, 2.75) is 51.9 Å². The molecule has 0 aromatic heterocycles. The second-order valence-electron chi connectivity index (χ2n) is 5.05. The quantitative estimate of drug-likeness (QED) is 0.537. The molecule has 0 bridgehead atoms. The van der Waals surface area contributed by atoms with Crippen LogP contribution in [0.5, 0.6) is 0 Å². The molecule has 3 heteroatoms. The number of hydrogen-bond acceptors (Lipinski definition) is 2. The van der Waals surface area contributed by atoms with Gasteiger partial charge < -0.3 is 5.32 Å². The predicted octanol–water partition coefficient (Wildman–Crippen LogP) is 3.77. The summed E-state index contributed by atoms with van der Waals surface area (Å²) in [5, 5.41) is 3.02. The summed E-state index contributed by atoms with van der Waals surface area (Å²) in [6.45, 7) is 3.08. The summed E-state index contributed by atoms with van der Waals surface area (Å²) in [6.07, 6.45) is 12.3. The highest BCUT2D eigenvalue weighted by Gasteiger charge is 2.13. The number of nitrogens with one attached hydrogen (secondary N) is 1. The van der Waals surface area contributed by atoms with Crippen molar-refractivity contribution in [3.05, 3.63) is 12.2 Å². The molecule has 0 aliphatic carbocycles. The first-order valence-corrected chi connectivity index (χ1v) is 8.50. The average Bonchev–Trinajstić information content (AvgIpc) is 2.41. The third-order valence-corrected chi connectivity index (χ3v) is 4.45. The van der Waals surface area contributed by atoms with Gasteiger partial charge in [0.25, 0.3) is 0 Å². The molecule has 104 valence electrons. The smallest absolute Gasteiger partial charge is 0.243 e. The Morgan fingerprint density at radius 3 is 2.78 bits per heavy atom. The second kappa shape index (κ2) is 10.5. The highest BCUT2D eigenvalue weighted by Crippen LogP contribution is 2.21. The van der Waals surface area contributed by atoms with Crippen molar-refractivity contribution in [1.82, 2.24) is 5.32 Å². The van der Waals surface area contributed by atoms with E-state index in [1.165, 1.54) is 50.0 Å². The Labute approximate surface area is 116 Å². The van der Waals surface area contributed by atoms with Gasteiger partial charge in [0, 0.05) is 6.54 Å². The molecule has 1 aliphatic heterocycles. The lowest BCUT2D eigenvalue weighted by Gasteiger charge is -2.21. The number of carbonyl (C=O) groups excluding carboxylic acids is 1. The maximum atomic E-state index is 11.6. The van der Waals surface area contributed by atoms with Crippen molar-refractivity contribution in [3.63, 3.8) is 0 Å². The normalized spacial score (nSPS) is 17.2. The molecule has 1 N–H and O–H groups in total. The average molecular weight is 269 g/mol. The van der Waals surface area contributed by atoms with E-state index in [9.17, 15) is 4.79 Å². The van der Waals surface area contributed by atoms with Gasteiger partial charge in [-0.15, -0.1) is 0 Å². The summed E-state index contributed by atoms with van der Waals surface area (Å²) < 4.78 is 0. The first-order valence-electron chi connectivity index (χ1n) is 7.35. The van der Waals surface area contributed by atoms with Crippen molar-refractivity contribution in [2.75, 3.05) is 18.1 Å². The largest absolute Gasteiger partial charge is 0.352 e. The summed E-state index contributed by atoms with van der Waals surface area (Å²) in [4.78, 5) is 11.6. The van der Waals surface area contributed by atoms with E-state index in [1.54, 1.807) is 6.08 Å². The number of allylic oxidation sites excluding steroid dienone is 1. The Morgan fingerprint density at radius 2 is 2.06 bits per heavy atom. The number of carbonyl (C=O) groups is 1. The van der Waals surface area contributed by atoms with E-state index in [0.717, 1.165) is 13.0 Å². The van der Waals surface area contributed by atoms with Gasteiger partial charge in [0.15, 0.2) is 0 Å². The maximum absolute atomic E-state index is 11.6. The van der Waals surface area contributed by atoms with Gasteiger partial charge in [0.2, 0.25) is 5.91 Å². The SMILES string of the molecule is CCCCCC/C=C/C(=O)NCC1CCSCC1. The molecule has 0 aromatic carbocycles. The molecule has 1 aliphatic rings. The number of thioether (sulfide) groups is 1. The maximum Gasteiger partial charge on any atom is 0.243 e. The van der Waals surface area contributed by atoms with Crippen molar-refractivity contribution >= 4 is 17.7 Å². The van der Waals surface area contributed by atoms with Crippen LogP contribution in [0.25, 0.3) is 0 Å². The Bertz CT molecular complexity index is 247. The summed E-state index contributed by atoms with van der Waals surface area (Å²) in [5.41, 5.74) is 0. The zero-order valence-corrected chi connectivity index (χ0v) is 12.4. The van der Waals surface area contributed by atoms with Crippen LogP contribution in [0, 0.1) is 5.92 Å². The molecule has 1 heterocycles. The minimum atomic E-state index is 0.0868. The molecule has 0 atom stereocenters. The summed E-state index contributed by atoms with van der Waals surface area (Å²) in [5.74, 6) is 3.30. The predicted molar refractivity (Wildman–Crippen MR) is 81.0 cm³/mol. The van der Waals surface area contributed by atoms with Crippen LogP contribution in [0.1, 0.15) is 51.9 Å². The molecule has 1 saturated heterocycles. The van der Waals surface area contributed by atoms with E-state index in [2.05, 4.69) is 12.2 Å². The number of hydrogen-bond donors (Lipinski definition) is 1. The van der Waals surface area contributed by atoms with Crippen molar-refractivity contribution in [3.8, 4) is 0 Å². The highest BCUT2D eigenvalue weighted by atomic mass is 32.2. The Hall–Kier alpha value is -0.440. The fourth-order valence-corrected chi connectivity index (χ4v) is 3.34. The molecule has 1 amide bonds. The van der Waals surface area contributed by atoms with E-state index in [1.807, 2.05) is 17.8 Å².